The van der Waals surface area contributed by atoms with Crippen LogP contribution in [0.3, 0.4) is 0 Å². The number of hydrogen-bond donors (Lipinski definition) is 2. The summed E-state index contributed by atoms with van der Waals surface area (Å²) in [4.78, 5) is 38.7. The van der Waals surface area contributed by atoms with Crippen LogP contribution < -0.4 is 10.6 Å². The van der Waals surface area contributed by atoms with Gasteiger partial charge in [0, 0.05) is 11.9 Å². The van der Waals surface area contributed by atoms with Gasteiger partial charge in [-0.3, -0.25) is 10.1 Å². The normalized spacial score (nSPS) is 9.96. The van der Waals surface area contributed by atoms with Crippen molar-refractivity contribution < 1.29 is 19.1 Å². The fraction of sp³-hybridized carbons (Fsp3) is 0.200. The molecule has 1 heterocycles. The van der Waals surface area contributed by atoms with Crippen molar-refractivity contribution in [2.45, 2.75) is 13.5 Å². The fourth-order valence-electron chi connectivity index (χ4n) is 1.66. The zero-order valence-electron chi connectivity index (χ0n) is 12.4. The Morgan fingerprint density at radius 3 is 2.65 bits per heavy atom. The van der Waals surface area contributed by atoms with Gasteiger partial charge in [-0.2, -0.15) is 0 Å². The van der Waals surface area contributed by atoms with E-state index in [2.05, 4.69) is 20.4 Å². The molecule has 0 aliphatic heterocycles. The lowest BCUT2D eigenvalue weighted by atomic mass is 10.2. The number of aromatic nitrogens is 1. The molecule has 0 aliphatic rings. The third kappa shape index (κ3) is 4.89. The summed E-state index contributed by atoms with van der Waals surface area (Å²) in [7, 11) is 0. The predicted molar refractivity (Wildman–Crippen MR) is 85.4 cm³/mol. The molecule has 0 aliphatic carbocycles. The zero-order chi connectivity index (χ0) is 16.7. The zero-order valence-corrected chi connectivity index (χ0v) is 13.2. The first kappa shape index (κ1) is 16.6. The first-order valence-electron chi connectivity index (χ1n) is 6.86. The lowest BCUT2D eigenvalue weighted by Gasteiger charge is -2.05. The molecule has 2 N–H and O–H groups in total. The van der Waals surface area contributed by atoms with Crippen molar-refractivity contribution in [1.29, 1.82) is 0 Å². The number of ether oxygens (including phenoxy) is 1. The molecule has 2 aromatic rings. The van der Waals surface area contributed by atoms with E-state index in [-0.39, 0.29) is 17.4 Å². The maximum Gasteiger partial charge on any atom is 0.381 e. The van der Waals surface area contributed by atoms with Crippen LogP contribution >= 0.6 is 11.3 Å². The average Bonchev–Trinajstić information content (AvgIpc) is 3.02. The lowest BCUT2D eigenvalue weighted by Crippen LogP contribution is -2.28. The van der Waals surface area contributed by atoms with E-state index >= 15 is 0 Å². The van der Waals surface area contributed by atoms with Crippen molar-refractivity contribution in [3.63, 3.8) is 0 Å². The molecule has 120 valence electrons. The van der Waals surface area contributed by atoms with Gasteiger partial charge in [0.05, 0.1) is 6.61 Å². The third-order valence-electron chi connectivity index (χ3n) is 2.71. The van der Waals surface area contributed by atoms with Crippen molar-refractivity contribution in [2.75, 3.05) is 11.9 Å². The number of Topliss-reactive ketones (excluding diaryl/α,β-unsaturated/α-hetero) is 1. The Morgan fingerprint density at radius 2 is 1.96 bits per heavy atom. The van der Waals surface area contributed by atoms with E-state index in [9.17, 15) is 14.4 Å². The van der Waals surface area contributed by atoms with E-state index in [0.29, 0.717) is 6.54 Å². The van der Waals surface area contributed by atoms with Gasteiger partial charge < -0.3 is 10.1 Å². The smallest absolute Gasteiger partial charge is 0.381 e. The molecule has 1 aromatic heterocycles. The SMILES string of the molecule is CCOC(=O)C(=O)c1csc(NC(=O)NCc2ccccc2)n1. The summed E-state index contributed by atoms with van der Waals surface area (Å²) in [5.41, 5.74) is 0.909. The Bertz CT molecular complexity index is 700. The quantitative estimate of drug-likeness (QED) is 0.480. The number of amides is 2. The topological polar surface area (TPSA) is 97.4 Å². The number of nitrogens with zero attached hydrogens (tertiary/aromatic N) is 1. The van der Waals surface area contributed by atoms with E-state index in [1.54, 1.807) is 6.92 Å². The van der Waals surface area contributed by atoms with Gasteiger partial charge in [0.1, 0.15) is 5.69 Å². The average molecular weight is 333 g/mol. The van der Waals surface area contributed by atoms with Gasteiger partial charge in [-0.15, -0.1) is 11.3 Å². The van der Waals surface area contributed by atoms with E-state index < -0.39 is 17.8 Å². The first-order valence-corrected chi connectivity index (χ1v) is 7.74. The van der Waals surface area contributed by atoms with Crippen LogP contribution in [0.1, 0.15) is 23.0 Å². The highest BCUT2D eigenvalue weighted by atomic mass is 32.1. The van der Waals surface area contributed by atoms with Crippen molar-refractivity contribution in [1.82, 2.24) is 10.3 Å². The lowest BCUT2D eigenvalue weighted by molar-refractivity contribution is -0.137. The van der Waals surface area contributed by atoms with Crippen LogP contribution in [-0.4, -0.2) is 29.4 Å². The summed E-state index contributed by atoms with van der Waals surface area (Å²) in [5.74, 6) is -1.79. The van der Waals surface area contributed by atoms with Crippen molar-refractivity contribution in [2.24, 2.45) is 0 Å². The molecule has 8 heteroatoms. The molecular formula is C15H15N3O4S. The summed E-state index contributed by atoms with van der Waals surface area (Å²) in [6.45, 7) is 2.09. The standard InChI is InChI=1S/C15H15N3O4S/c1-2-22-13(20)12(19)11-9-23-15(17-11)18-14(21)16-8-10-6-4-3-5-7-10/h3-7,9H,2,8H2,1H3,(H2,16,17,18,21). The van der Waals surface area contributed by atoms with Crippen molar-refractivity contribution in [3.05, 3.63) is 47.0 Å². The molecule has 0 saturated heterocycles. The molecule has 0 saturated carbocycles. The Morgan fingerprint density at radius 1 is 1.22 bits per heavy atom. The summed E-state index contributed by atoms with van der Waals surface area (Å²) < 4.78 is 4.61. The van der Waals surface area contributed by atoms with Gasteiger partial charge in [-0.05, 0) is 12.5 Å². The molecule has 2 amide bonds. The van der Waals surface area contributed by atoms with Crippen LogP contribution in [0.15, 0.2) is 35.7 Å². The van der Waals surface area contributed by atoms with Gasteiger partial charge in [-0.25, -0.2) is 14.6 Å². The molecule has 0 atom stereocenters. The maximum atomic E-state index is 11.8. The summed E-state index contributed by atoms with van der Waals surface area (Å²) in [6.07, 6.45) is 0. The number of thiazole rings is 1. The fourth-order valence-corrected chi connectivity index (χ4v) is 2.34. The summed E-state index contributed by atoms with van der Waals surface area (Å²) >= 11 is 1.05. The molecule has 0 radical (unpaired) electrons. The van der Waals surface area contributed by atoms with Gasteiger partial charge in [0.2, 0.25) is 0 Å². The minimum Gasteiger partial charge on any atom is -0.460 e. The number of carbonyl (C=O) groups is 3. The molecule has 0 bridgehead atoms. The molecule has 2 rings (SSSR count). The Hall–Kier alpha value is -2.74. The second-order valence-corrected chi connectivity index (χ2v) is 5.24. The predicted octanol–water partition coefficient (Wildman–Crippen LogP) is 2.21. The highest BCUT2D eigenvalue weighted by Crippen LogP contribution is 2.16. The molecule has 7 nitrogen and oxygen atoms in total. The Balaban J connectivity index is 1.87. The summed E-state index contributed by atoms with van der Waals surface area (Å²) in [5, 5.41) is 6.80. The highest BCUT2D eigenvalue weighted by molar-refractivity contribution is 7.14. The largest absolute Gasteiger partial charge is 0.460 e. The first-order chi connectivity index (χ1) is 11.1. The Labute approximate surface area is 136 Å². The minimum atomic E-state index is -0.960. The van der Waals surface area contributed by atoms with Crippen LogP contribution in [0.2, 0.25) is 0 Å². The number of hydrogen-bond acceptors (Lipinski definition) is 6. The Kier molecular flexibility index (Phi) is 5.81. The summed E-state index contributed by atoms with van der Waals surface area (Å²) in [6, 6.07) is 8.98. The number of ketones is 1. The van der Waals surface area contributed by atoms with Crippen molar-refractivity contribution in [3.8, 4) is 0 Å². The highest BCUT2D eigenvalue weighted by Gasteiger charge is 2.21. The van der Waals surface area contributed by atoms with Crippen LogP contribution in [0.4, 0.5) is 9.93 Å². The molecule has 0 fully saturated rings. The second-order valence-electron chi connectivity index (χ2n) is 4.38. The van der Waals surface area contributed by atoms with E-state index in [4.69, 9.17) is 0 Å². The molecular weight excluding hydrogens is 318 g/mol. The number of nitrogens with one attached hydrogen (secondary N) is 2. The van der Waals surface area contributed by atoms with Crippen LogP contribution in [0.25, 0.3) is 0 Å². The minimum absolute atomic E-state index is 0.0493. The number of carbonyl (C=O) groups excluding carboxylic acids is 3. The van der Waals surface area contributed by atoms with Gasteiger partial charge in [0.15, 0.2) is 5.13 Å². The number of esters is 1. The van der Waals surface area contributed by atoms with E-state index in [1.807, 2.05) is 30.3 Å². The van der Waals surface area contributed by atoms with E-state index in [1.165, 1.54) is 5.38 Å². The molecule has 0 unspecified atom stereocenters. The molecule has 1 aromatic carbocycles. The second kappa shape index (κ2) is 8.04. The number of benzene rings is 1. The third-order valence-corrected chi connectivity index (χ3v) is 3.47. The number of anilines is 1. The molecule has 23 heavy (non-hydrogen) atoms. The van der Waals surface area contributed by atoms with Crippen LogP contribution in [-0.2, 0) is 16.1 Å². The number of urea groups is 1. The van der Waals surface area contributed by atoms with Crippen LogP contribution in [0.5, 0.6) is 0 Å². The molecule has 0 spiro atoms. The van der Waals surface area contributed by atoms with Gasteiger partial charge >= 0.3 is 12.0 Å². The maximum absolute atomic E-state index is 11.8. The van der Waals surface area contributed by atoms with Crippen molar-refractivity contribution >= 4 is 34.3 Å². The number of rotatable bonds is 6. The monoisotopic (exact) mass is 333 g/mol. The van der Waals surface area contributed by atoms with Crippen LogP contribution in [0, 0.1) is 0 Å². The van der Waals surface area contributed by atoms with E-state index in [0.717, 1.165) is 16.9 Å². The van der Waals surface area contributed by atoms with Gasteiger partial charge in [-0.1, -0.05) is 30.3 Å². The van der Waals surface area contributed by atoms with Gasteiger partial charge in [0.25, 0.3) is 5.78 Å².